The maximum absolute atomic E-state index is 12.6. The van der Waals surface area contributed by atoms with Crippen LogP contribution in [0.1, 0.15) is 32.8 Å². The molecule has 0 aliphatic heterocycles. The first-order valence-corrected chi connectivity index (χ1v) is 10.2. The molecule has 0 saturated carbocycles. The number of halogens is 1. The number of carbonyl (C=O) groups excluding carboxylic acids is 1. The van der Waals surface area contributed by atoms with Gasteiger partial charge in [0.1, 0.15) is 6.10 Å². The van der Waals surface area contributed by atoms with Crippen LogP contribution in [0.5, 0.6) is 0 Å². The molecule has 0 bridgehead atoms. The van der Waals surface area contributed by atoms with Crippen molar-refractivity contribution in [1.29, 1.82) is 0 Å². The Hall–Kier alpha value is -0.930. The predicted octanol–water partition coefficient (Wildman–Crippen LogP) is 3.57. The molecule has 24 heavy (non-hydrogen) atoms. The van der Waals surface area contributed by atoms with E-state index in [0.717, 1.165) is 5.56 Å². The molecule has 0 aliphatic carbocycles. The van der Waals surface area contributed by atoms with E-state index in [9.17, 15) is 13.2 Å². The summed E-state index contributed by atoms with van der Waals surface area (Å²) >= 11 is 1.97. The molecule has 0 radical (unpaired) electrons. The van der Waals surface area contributed by atoms with Gasteiger partial charge in [-0.05, 0) is 54.0 Å². The third-order valence-electron chi connectivity index (χ3n) is 3.34. The molecule has 0 fully saturated rings. The van der Waals surface area contributed by atoms with Gasteiger partial charge in [0.2, 0.25) is 10.0 Å². The van der Waals surface area contributed by atoms with E-state index in [-0.39, 0.29) is 10.8 Å². The van der Waals surface area contributed by atoms with Crippen LogP contribution >= 0.6 is 22.6 Å². The molecule has 0 aromatic heterocycles. The van der Waals surface area contributed by atoms with Gasteiger partial charge in [0.15, 0.2) is 0 Å². The van der Waals surface area contributed by atoms with Gasteiger partial charge in [-0.15, -0.1) is 0 Å². The number of carbonyl (C=O) groups is 1. The molecule has 5 nitrogen and oxygen atoms in total. The fourth-order valence-electron chi connectivity index (χ4n) is 2.22. The molecular formula is C17H24INO4S. The summed E-state index contributed by atoms with van der Waals surface area (Å²) in [7, 11) is -3.74. The van der Waals surface area contributed by atoms with Gasteiger partial charge >= 0.3 is 5.97 Å². The summed E-state index contributed by atoms with van der Waals surface area (Å²) in [4.78, 5) is 11.6. The van der Waals surface area contributed by atoms with E-state index in [4.69, 9.17) is 4.74 Å². The van der Waals surface area contributed by atoms with Gasteiger partial charge < -0.3 is 4.74 Å². The van der Waals surface area contributed by atoms with Crippen LogP contribution in [0.2, 0.25) is 0 Å². The van der Waals surface area contributed by atoms with Crippen molar-refractivity contribution in [3.63, 3.8) is 0 Å². The van der Waals surface area contributed by atoms with E-state index in [1.807, 2.05) is 43.4 Å². The Morgan fingerprint density at radius 2 is 1.83 bits per heavy atom. The summed E-state index contributed by atoms with van der Waals surface area (Å²) < 4.78 is 33.8. The van der Waals surface area contributed by atoms with Crippen LogP contribution in [0, 0.1) is 12.8 Å². The van der Waals surface area contributed by atoms with Gasteiger partial charge in [-0.1, -0.05) is 38.1 Å². The standard InChI is InChI=1S/C17H24INO4S/c1-11(2)10-16(23-14(5)20)17(13(4)18)19-24(21,22)15-8-6-12(3)7-9-15/h6-9,11,16-17,19H,4,10H2,1-3,5H3/t16-,17-/m0/s1. The molecule has 0 heterocycles. The Morgan fingerprint density at radius 3 is 2.25 bits per heavy atom. The van der Waals surface area contributed by atoms with Gasteiger partial charge in [0.25, 0.3) is 0 Å². The predicted molar refractivity (Wildman–Crippen MR) is 103 cm³/mol. The van der Waals surface area contributed by atoms with Crippen molar-refractivity contribution in [1.82, 2.24) is 4.72 Å². The maximum Gasteiger partial charge on any atom is 0.302 e. The molecule has 1 aromatic carbocycles. The molecular weight excluding hydrogens is 441 g/mol. The zero-order valence-corrected chi connectivity index (χ0v) is 17.3. The third-order valence-corrected chi connectivity index (χ3v) is 5.47. The molecule has 1 N–H and O–H groups in total. The first kappa shape index (κ1) is 21.1. The van der Waals surface area contributed by atoms with E-state index < -0.39 is 28.1 Å². The van der Waals surface area contributed by atoms with Crippen molar-refractivity contribution in [2.75, 3.05) is 0 Å². The van der Waals surface area contributed by atoms with Crippen LogP contribution in [0.25, 0.3) is 0 Å². The second-order valence-electron chi connectivity index (χ2n) is 6.14. The molecule has 0 amide bonds. The summed E-state index contributed by atoms with van der Waals surface area (Å²) in [5.74, 6) is -0.214. The maximum atomic E-state index is 12.6. The lowest BCUT2D eigenvalue weighted by Gasteiger charge is -2.28. The monoisotopic (exact) mass is 465 g/mol. The second-order valence-corrected chi connectivity index (χ2v) is 9.24. The van der Waals surface area contributed by atoms with Crippen molar-refractivity contribution in [2.24, 2.45) is 5.92 Å². The summed E-state index contributed by atoms with van der Waals surface area (Å²) in [5, 5.41) is 0. The van der Waals surface area contributed by atoms with E-state index in [2.05, 4.69) is 11.3 Å². The molecule has 1 rings (SSSR count). The number of rotatable bonds is 8. The van der Waals surface area contributed by atoms with Crippen molar-refractivity contribution in [3.05, 3.63) is 40.0 Å². The number of hydrogen-bond donors (Lipinski definition) is 1. The van der Waals surface area contributed by atoms with Gasteiger partial charge in [-0.2, -0.15) is 4.72 Å². The Balaban J connectivity index is 3.11. The van der Waals surface area contributed by atoms with Crippen LogP contribution in [0.3, 0.4) is 0 Å². The average molecular weight is 465 g/mol. The Morgan fingerprint density at radius 1 is 1.29 bits per heavy atom. The van der Waals surface area contributed by atoms with Gasteiger partial charge in [0, 0.05) is 10.5 Å². The minimum absolute atomic E-state index is 0.168. The third kappa shape index (κ3) is 6.52. The highest BCUT2D eigenvalue weighted by Crippen LogP contribution is 2.23. The molecule has 1 aromatic rings. The zero-order chi connectivity index (χ0) is 18.5. The molecule has 0 aliphatic rings. The summed E-state index contributed by atoms with van der Waals surface area (Å²) in [6.07, 6.45) is -0.0741. The van der Waals surface area contributed by atoms with Crippen LogP contribution in [0.4, 0.5) is 0 Å². The van der Waals surface area contributed by atoms with Gasteiger partial charge in [0.05, 0.1) is 10.9 Å². The smallest absolute Gasteiger partial charge is 0.302 e. The van der Waals surface area contributed by atoms with E-state index in [1.165, 1.54) is 6.92 Å². The minimum atomic E-state index is -3.74. The average Bonchev–Trinajstić information content (AvgIpc) is 2.43. The van der Waals surface area contributed by atoms with Crippen molar-refractivity contribution >= 4 is 38.6 Å². The number of esters is 1. The number of nitrogens with one attached hydrogen (secondary N) is 1. The number of aryl methyl sites for hydroxylation is 1. The highest BCUT2D eigenvalue weighted by molar-refractivity contribution is 14.1. The zero-order valence-electron chi connectivity index (χ0n) is 14.4. The number of ether oxygens (including phenoxy) is 1. The van der Waals surface area contributed by atoms with Crippen molar-refractivity contribution in [2.45, 2.75) is 51.2 Å². The normalized spacial score (nSPS) is 14.2. The van der Waals surface area contributed by atoms with Crippen LogP contribution in [0.15, 0.2) is 39.3 Å². The largest absolute Gasteiger partial charge is 0.460 e. The fraction of sp³-hybridized carbons (Fsp3) is 0.471. The minimum Gasteiger partial charge on any atom is -0.460 e. The first-order valence-electron chi connectivity index (χ1n) is 7.63. The van der Waals surface area contributed by atoms with E-state index >= 15 is 0 Å². The first-order chi connectivity index (χ1) is 11.0. The van der Waals surface area contributed by atoms with E-state index in [0.29, 0.717) is 10.0 Å². The molecule has 0 unspecified atom stereocenters. The van der Waals surface area contributed by atoms with Crippen molar-refractivity contribution < 1.29 is 17.9 Å². The summed E-state index contributed by atoms with van der Waals surface area (Å²) in [6.45, 7) is 11.0. The van der Waals surface area contributed by atoms with Crippen molar-refractivity contribution in [3.8, 4) is 0 Å². The lowest BCUT2D eigenvalue weighted by Crippen LogP contribution is -2.45. The van der Waals surface area contributed by atoms with E-state index in [1.54, 1.807) is 24.3 Å². The summed E-state index contributed by atoms with van der Waals surface area (Å²) in [6, 6.07) is 5.88. The molecule has 7 heteroatoms. The number of benzene rings is 1. The fourth-order valence-corrected chi connectivity index (χ4v) is 4.25. The number of sulfonamides is 1. The van der Waals surface area contributed by atoms with Crippen LogP contribution in [-0.4, -0.2) is 26.5 Å². The Labute approximate surface area is 158 Å². The molecule has 134 valence electrons. The molecule has 0 spiro atoms. The second kappa shape index (κ2) is 8.96. The highest BCUT2D eigenvalue weighted by atomic mass is 127. The van der Waals surface area contributed by atoms with Crippen LogP contribution < -0.4 is 4.72 Å². The number of hydrogen-bond acceptors (Lipinski definition) is 4. The molecule has 2 atom stereocenters. The quantitative estimate of drug-likeness (QED) is 0.471. The Bertz CT molecular complexity index is 683. The molecule has 0 saturated heterocycles. The lowest BCUT2D eigenvalue weighted by atomic mass is 10.0. The Kier molecular flexibility index (Phi) is 7.88. The highest BCUT2D eigenvalue weighted by Gasteiger charge is 2.31. The summed E-state index contributed by atoms with van der Waals surface area (Å²) in [5.41, 5.74) is 0.974. The topological polar surface area (TPSA) is 72.5 Å². The SMILES string of the molecule is C=C(I)[C@H](NS(=O)(=O)c1ccc(C)cc1)[C@H](CC(C)C)OC(C)=O. The van der Waals surface area contributed by atoms with Gasteiger partial charge in [-0.25, -0.2) is 8.42 Å². The van der Waals surface area contributed by atoms with Crippen LogP contribution in [-0.2, 0) is 19.6 Å². The lowest BCUT2D eigenvalue weighted by molar-refractivity contribution is -0.147. The van der Waals surface area contributed by atoms with Gasteiger partial charge in [-0.3, -0.25) is 4.79 Å².